The number of halogens is 3. The molecule has 3 aliphatic rings. The fourth-order valence-corrected chi connectivity index (χ4v) is 4.64. The van der Waals surface area contributed by atoms with Gasteiger partial charge in [0.1, 0.15) is 24.0 Å². The Morgan fingerprint density at radius 2 is 1.73 bits per heavy atom. The molecule has 174 valence electrons. The molecule has 6 nitrogen and oxygen atoms in total. The molecule has 0 aliphatic heterocycles. The van der Waals surface area contributed by atoms with Crippen LogP contribution >= 0.6 is 0 Å². The lowest BCUT2D eigenvalue weighted by atomic mass is 9.46. The molecule has 2 N–H and O–H groups in total. The van der Waals surface area contributed by atoms with Crippen LogP contribution in [0, 0.1) is 28.8 Å². The summed E-state index contributed by atoms with van der Waals surface area (Å²) in [6.07, 6.45) is 4.65. The molecule has 3 aromatic rings. The average Bonchev–Trinajstić information content (AvgIpc) is 2.69. The monoisotopic (exact) mass is 459 g/mol. The van der Waals surface area contributed by atoms with Crippen molar-refractivity contribution in [1.29, 1.82) is 0 Å². The van der Waals surface area contributed by atoms with Crippen LogP contribution in [0.1, 0.15) is 44.7 Å². The van der Waals surface area contributed by atoms with Crippen molar-refractivity contribution in [1.82, 2.24) is 14.9 Å². The molecule has 0 saturated heterocycles. The van der Waals surface area contributed by atoms with Crippen LogP contribution < -0.4 is 16.6 Å². The third-order valence-corrected chi connectivity index (χ3v) is 6.40. The Hall–Kier alpha value is -3.36. The summed E-state index contributed by atoms with van der Waals surface area (Å²) < 4.78 is 40.7. The van der Waals surface area contributed by atoms with Gasteiger partial charge in [-0.1, -0.05) is 13.0 Å². The molecule has 1 amide bonds. The highest BCUT2D eigenvalue weighted by atomic mass is 19.1. The second-order valence-corrected chi connectivity index (χ2v) is 9.26. The van der Waals surface area contributed by atoms with E-state index in [1.165, 1.54) is 25.0 Å². The number of hydrogen-bond donors (Lipinski definition) is 2. The third kappa shape index (κ3) is 4.72. The number of nitrogens with one attached hydrogen (secondary N) is 2. The summed E-state index contributed by atoms with van der Waals surface area (Å²) in [6, 6.07) is 5.39. The number of hydrogen-bond acceptors (Lipinski definition) is 3. The number of amides is 1. The molecule has 9 heteroatoms. The van der Waals surface area contributed by atoms with Crippen LogP contribution in [-0.4, -0.2) is 15.5 Å². The molecule has 1 unspecified atom stereocenters. The molecule has 33 heavy (non-hydrogen) atoms. The van der Waals surface area contributed by atoms with Gasteiger partial charge < -0.3 is 10.3 Å². The van der Waals surface area contributed by atoms with Gasteiger partial charge >= 0.3 is 5.69 Å². The maximum absolute atomic E-state index is 13.8. The second-order valence-electron chi connectivity index (χ2n) is 9.26. The van der Waals surface area contributed by atoms with Gasteiger partial charge in [-0.15, -0.1) is 0 Å². The summed E-state index contributed by atoms with van der Waals surface area (Å²) in [5.74, 6) is -1.82. The smallest absolute Gasteiger partial charge is 0.329 e. The van der Waals surface area contributed by atoms with E-state index >= 15 is 0 Å². The van der Waals surface area contributed by atoms with Crippen LogP contribution in [0.5, 0.6) is 0 Å². The van der Waals surface area contributed by atoms with Crippen molar-refractivity contribution in [3.63, 3.8) is 0 Å². The van der Waals surface area contributed by atoms with Crippen molar-refractivity contribution < 1.29 is 18.0 Å². The molecule has 1 heterocycles. The Balaban J connectivity index is 0.000000367. The number of rotatable bonds is 4. The fourth-order valence-electron chi connectivity index (χ4n) is 4.64. The minimum absolute atomic E-state index is 0.0478. The van der Waals surface area contributed by atoms with Crippen molar-refractivity contribution in [2.24, 2.45) is 11.3 Å². The van der Waals surface area contributed by atoms with E-state index in [4.69, 9.17) is 0 Å². The summed E-state index contributed by atoms with van der Waals surface area (Å²) in [6.45, 7) is 3.22. The van der Waals surface area contributed by atoms with Gasteiger partial charge in [0.25, 0.3) is 5.56 Å². The molecule has 1 atom stereocenters. The van der Waals surface area contributed by atoms with E-state index in [2.05, 4.69) is 17.2 Å². The van der Waals surface area contributed by atoms with Crippen LogP contribution in [0.4, 0.5) is 13.2 Å². The Labute approximate surface area is 187 Å². The highest BCUT2D eigenvalue weighted by molar-refractivity contribution is 5.79. The van der Waals surface area contributed by atoms with Crippen LogP contribution in [-0.2, 0) is 11.3 Å². The van der Waals surface area contributed by atoms with Crippen LogP contribution in [0.25, 0.3) is 10.9 Å². The molecule has 1 aromatic heterocycles. The van der Waals surface area contributed by atoms with Gasteiger partial charge in [-0.05, 0) is 61.8 Å². The zero-order valence-corrected chi connectivity index (χ0v) is 18.3. The minimum atomic E-state index is -0.838. The van der Waals surface area contributed by atoms with Gasteiger partial charge in [0.15, 0.2) is 0 Å². The first-order valence-electron chi connectivity index (χ1n) is 10.7. The lowest BCUT2D eigenvalue weighted by Gasteiger charge is -2.60. The van der Waals surface area contributed by atoms with Crippen molar-refractivity contribution in [3.8, 4) is 0 Å². The van der Waals surface area contributed by atoms with Gasteiger partial charge in [0, 0.05) is 11.6 Å². The maximum atomic E-state index is 13.8. The van der Waals surface area contributed by atoms with Gasteiger partial charge in [-0.3, -0.25) is 14.2 Å². The van der Waals surface area contributed by atoms with Crippen LogP contribution in [0.2, 0.25) is 0 Å². The minimum Gasteiger partial charge on any atom is -0.348 e. The van der Waals surface area contributed by atoms with E-state index < -0.39 is 47.2 Å². The highest BCUT2D eigenvalue weighted by Gasteiger charge is 2.52. The number of aromatic nitrogens is 2. The topological polar surface area (TPSA) is 84.0 Å². The first kappa shape index (κ1) is 22.8. The van der Waals surface area contributed by atoms with E-state index in [9.17, 15) is 27.6 Å². The predicted octanol–water partition coefficient (Wildman–Crippen LogP) is 3.79. The zero-order valence-electron chi connectivity index (χ0n) is 18.3. The zero-order chi connectivity index (χ0) is 23.9. The van der Waals surface area contributed by atoms with Crippen LogP contribution in [0.3, 0.4) is 0 Å². The summed E-state index contributed by atoms with van der Waals surface area (Å²) in [7, 11) is 0. The number of nitrogens with zero attached hydrogens (tertiary/aromatic N) is 1. The third-order valence-electron chi connectivity index (χ3n) is 6.40. The predicted molar refractivity (Wildman–Crippen MR) is 117 cm³/mol. The SMILES string of the molecule is CC(NC(=O)Cn1c(=O)[nH]c2ccc(F)cc2c1=O)c1ccc(F)cc1F.CC12CC(C1)C2. The van der Waals surface area contributed by atoms with Crippen molar-refractivity contribution in [3.05, 3.63) is 80.3 Å². The Kier molecular flexibility index (Phi) is 5.90. The number of carbonyl (C=O) groups excluding carboxylic acids is 1. The molecule has 0 radical (unpaired) electrons. The first-order valence-corrected chi connectivity index (χ1v) is 10.7. The van der Waals surface area contributed by atoms with Crippen molar-refractivity contribution in [2.75, 3.05) is 0 Å². The second kappa shape index (κ2) is 8.53. The van der Waals surface area contributed by atoms with Gasteiger partial charge in [0.2, 0.25) is 5.91 Å². The average molecular weight is 459 g/mol. The largest absolute Gasteiger partial charge is 0.348 e. The molecule has 3 saturated carbocycles. The van der Waals surface area contributed by atoms with E-state index in [1.54, 1.807) is 19.3 Å². The summed E-state index contributed by atoms with van der Waals surface area (Å²) >= 11 is 0. The summed E-state index contributed by atoms with van der Waals surface area (Å²) in [5, 5.41) is 2.35. The summed E-state index contributed by atoms with van der Waals surface area (Å²) in [5.41, 5.74) is -0.611. The molecular formula is C24H24F3N3O3. The number of aromatic amines is 1. The molecule has 3 aliphatic carbocycles. The Bertz CT molecular complexity index is 1330. The molecule has 2 aromatic carbocycles. The Morgan fingerprint density at radius 3 is 2.30 bits per heavy atom. The van der Waals surface area contributed by atoms with Crippen LogP contribution in [0.15, 0.2) is 46.0 Å². The number of H-pyrrole nitrogens is 1. The standard InChI is InChI=1S/C18H14F3N3O3.C6H10/c1-9(12-4-2-11(20)7-14(12)21)22-16(25)8-24-17(26)13-6-10(19)3-5-15(13)23-18(24)27;1-6-2-5(3-6)4-6/h2-7,9H,8H2,1H3,(H,22,25)(H,23,27);5H,2-4H2,1H3. The molecule has 2 bridgehead atoms. The maximum Gasteiger partial charge on any atom is 0.329 e. The molecule has 3 fully saturated rings. The quantitative estimate of drug-likeness (QED) is 0.623. The fraction of sp³-hybridized carbons (Fsp3) is 0.375. The molecular weight excluding hydrogens is 435 g/mol. The van der Waals surface area contributed by atoms with E-state index in [0.29, 0.717) is 10.6 Å². The highest BCUT2D eigenvalue weighted by Crippen LogP contribution is 2.63. The number of benzene rings is 2. The lowest BCUT2D eigenvalue weighted by molar-refractivity contribution is -0.122. The van der Waals surface area contributed by atoms with E-state index in [0.717, 1.165) is 23.6 Å². The lowest BCUT2D eigenvalue weighted by Crippen LogP contribution is -2.48. The van der Waals surface area contributed by atoms with Crippen molar-refractivity contribution >= 4 is 16.8 Å². The number of carbonyl (C=O) groups is 1. The van der Waals surface area contributed by atoms with Gasteiger partial charge in [-0.2, -0.15) is 0 Å². The van der Waals surface area contributed by atoms with E-state index in [1.807, 2.05) is 0 Å². The normalized spacial score (nSPS) is 21.3. The van der Waals surface area contributed by atoms with Gasteiger partial charge in [-0.25, -0.2) is 18.0 Å². The molecule has 6 rings (SSSR count). The first-order chi connectivity index (χ1) is 15.5. The number of fused-ring (bicyclic) bond motifs is 1. The van der Waals surface area contributed by atoms with E-state index in [-0.39, 0.29) is 16.5 Å². The molecule has 0 spiro atoms. The summed E-state index contributed by atoms with van der Waals surface area (Å²) in [4.78, 5) is 39.0. The van der Waals surface area contributed by atoms with Crippen molar-refractivity contribution in [2.45, 2.75) is 45.7 Å². The van der Waals surface area contributed by atoms with Gasteiger partial charge in [0.05, 0.1) is 16.9 Å². The Morgan fingerprint density at radius 1 is 1.12 bits per heavy atom.